The molecule has 0 saturated heterocycles. The van der Waals surface area contributed by atoms with Gasteiger partial charge in [-0.3, -0.25) is 0 Å². The van der Waals surface area contributed by atoms with E-state index in [4.69, 9.17) is 15.2 Å². The van der Waals surface area contributed by atoms with Gasteiger partial charge in [0.2, 0.25) is 0 Å². The highest BCUT2D eigenvalue weighted by atomic mass is 16.5. The van der Waals surface area contributed by atoms with Crippen LogP contribution in [0.5, 0.6) is 0 Å². The van der Waals surface area contributed by atoms with E-state index in [1.54, 1.807) is 7.11 Å². The van der Waals surface area contributed by atoms with E-state index in [0.29, 0.717) is 13.2 Å². The third kappa shape index (κ3) is 5.02. The summed E-state index contributed by atoms with van der Waals surface area (Å²) in [4.78, 5) is 11.8. The largest absolute Gasteiger partial charge is 0.445 e. The van der Waals surface area contributed by atoms with Crippen molar-refractivity contribution in [3.8, 4) is 0 Å². The molecule has 3 N–H and O–H groups in total. The molecule has 1 aliphatic carbocycles. The van der Waals surface area contributed by atoms with Gasteiger partial charge in [-0.15, -0.1) is 0 Å². The molecule has 0 spiro atoms. The Hall–Kier alpha value is -1.59. The lowest BCUT2D eigenvalue weighted by atomic mass is 9.81. The van der Waals surface area contributed by atoms with Gasteiger partial charge in [0.15, 0.2) is 0 Å². The Kier molecular flexibility index (Phi) is 5.59. The predicted molar refractivity (Wildman–Crippen MR) is 80.8 cm³/mol. The van der Waals surface area contributed by atoms with Gasteiger partial charge in [-0.1, -0.05) is 30.3 Å². The number of amides is 1. The Bertz CT molecular complexity index is 442. The van der Waals surface area contributed by atoms with Gasteiger partial charge < -0.3 is 20.5 Å². The van der Waals surface area contributed by atoms with E-state index in [9.17, 15) is 4.79 Å². The van der Waals surface area contributed by atoms with Crippen LogP contribution in [0, 0.1) is 0 Å². The number of hydrogen-bond acceptors (Lipinski definition) is 4. The molecule has 1 aliphatic rings. The van der Waals surface area contributed by atoms with Crippen LogP contribution < -0.4 is 11.1 Å². The van der Waals surface area contributed by atoms with E-state index >= 15 is 0 Å². The van der Waals surface area contributed by atoms with Gasteiger partial charge in [0.05, 0.1) is 6.61 Å². The number of alkyl carbamates (subject to hydrolysis) is 1. The van der Waals surface area contributed by atoms with Crippen LogP contribution in [0.4, 0.5) is 4.79 Å². The van der Waals surface area contributed by atoms with Crippen molar-refractivity contribution >= 4 is 6.09 Å². The lowest BCUT2D eigenvalue weighted by molar-refractivity contribution is 0.0949. The quantitative estimate of drug-likeness (QED) is 0.872. The number of nitrogens with two attached hydrogens (primary N) is 1. The lowest BCUT2D eigenvalue weighted by Crippen LogP contribution is -2.51. The number of nitrogens with one attached hydrogen (secondary N) is 1. The van der Waals surface area contributed by atoms with Gasteiger partial charge >= 0.3 is 6.09 Å². The fraction of sp³-hybridized carbons (Fsp3) is 0.562. The van der Waals surface area contributed by atoms with Crippen LogP contribution in [0.2, 0.25) is 0 Å². The molecule has 21 heavy (non-hydrogen) atoms. The van der Waals surface area contributed by atoms with Gasteiger partial charge in [0.1, 0.15) is 6.61 Å². The zero-order chi connectivity index (χ0) is 15.1. The first kappa shape index (κ1) is 15.8. The van der Waals surface area contributed by atoms with Gasteiger partial charge in [0.25, 0.3) is 0 Å². The molecule has 0 radical (unpaired) electrons. The molecule has 1 amide bonds. The number of carbonyl (C=O) groups is 1. The lowest BCUT2D eigenvalue weighted by Gasteiger charge is -2.36. The minimum absolute atomic E-state index is 0.141. The Labute approximate surface area is 125 Å². The Morgan fingerprint density at radius 2 is 2.00 bits per heavy atom. The molecular weight excluding hydrogens is 268 g/mol. The summed E-state index contributed by atoms with van der Waals surface area (Å²) in [7, 11) is 1.67. The number of rotatable bonds is 5. The van der Waals surface area contributed by atoms with Gasteiger partial charge in [-0.05, 0) is 31.2 Å². The number of ether oxygens (including phenoxy) is 2. The normalized spacial score (nSPS) is 25.3. The minimum atomic E-state index is -0.361. The highest BCUT2D eigenvalue weighted by molar-refractivity contribution is 5.67. The van der Waals surface area contributed by atoms with Crippen molar-refractivity contribution in [2.75, 3.05) is 13.7 Å². The van der Waals surface area contributed by atoms with Crippen molar-refractivity contribution in [3.05, 3.63) is 35.9 Å². The molecule has 0 aromatic heterocycles. The average Bonchev–Trinajstić information content (AvgIpc) is 2.49. The van der Waals surface area contributed by atoms with Crippen molar-refractivity contribution in [2.45, 2.75) is 43.9 Å². The van der Waals surface area contributed by atoms with E-state index in [1.165, 1.54) is 0 Å². The minimum Gasteiger partial charge on any atom is -0.445 e. The second kappa shape index (κ2) is 7.43. The molecule has 5 heteroatoms. The fourth-order valence-electron chi connectivity index (χ4n) is 2.70. The van der Waals surface area contributed by atoms with Crippen LogP contribution in [-0.2, 0) is 16.1 Å². The second-order valence-electron chi connectivity index (χ2n) is 5.78. The first-order chi connectivity index (χ1) is 10.1. The third-order valence-electron chi connectivity index (χ3n) is 3.95. The maximum Gasteiger partial charge on any atom is 0.407 e. The zero-order valence-corrected chi connectivity index (χ0v) is 12.5. The number of carbonyl (C=O) groups excluding carboxylic acids is 1. The first-order valence-electron chi connectivity index (χ1n) is 7.36. The molecule has 116 valence electrons. The smallest absolute Gasteiger partial charge is 0.407 e. The van der Waals surface area contributed by atoms with Crippen LogP contribution >= 0.6 is 0 Å². The van der Waals surface area contributed by atoms with E-state index in [2.05, 4.69) is 5.32 Å². The molecule has 0 atom stereocenters. The Morgan fingerprint density at radius 1 is 1.33 bits per heavy atom. The predicted octanol–water partition coefficient (Wildman–Crippen LogP) is 2.20. The number of hydrogen-bond donors (Lipinski definition) is 2. The summed E-state index contributed by atoms with van der Waals surface area (Å²) in [6.45, 7) is 0.863. The SMILES string of the molecule is COCC1(N)CCC(NC(=O)OCc2ccccc2)CC1. The standard InChI is InChI=1S/C16H24N2O3/c1-20-12-16(17)9-7-14(8-10-16)18-15(19)21-11-13-5-3-2-4-6-13/h2-6,14H,7-12,17H2,1H3,(H,18,19). The summed E-state index contributed by atoms with van der Waals surface area (Å²) in [5, 5.41) is 2.91. The van der Waals surface area contributed by atoms with Gasteiger partial charge in [-0.25, -0.2) is 4.79 Å². The molecule has 2 rings (SSSR count). The molecule has 1 aromatic carbocycles. The molecule has 1 saturated carbocycles. The van der Waals surface area contributed by atoms with Crippen molar-refractivity contribution < 1.29 is 14.3 Å². The zero-order valence-electron chi connectivity index (χ0n) is 12.5. The highest BCUT2D eigenvalue weighted by Crippen LogP contribution is 2.26. The van der Waals surface area contributed by atoms with Crippen LogP contribution in [0.1, 0.15) is 31.2 Å². The van der Waals surface area contributed by atoms with Crippen molar-refractivity contribution in [1.29, 1.82) is 0 Å². The molecule has 0 bridgehead atoms. The maximum absolute atomic E-state index is 11.8. The van der Waals surface area contributed by atoms with E-state index in [0.717, 1.165) is 31.2 Å². The van der Waals surface area contributed by atoms with Crippen LogP contribution in [0.25, 0.3) is 0 Å². The van der Waals surface area contributed by atoms with Crippen LogP contribution in [-0.4, -0.2) is 31.4 Å². The van der Waals surface area contributed by atoms with Crippen molar-refractivity contribution in [3.63, 3.8) is 0 Å². The second-order valence-corrected chi connectivity index (χ2v) is 5.78. The van der Waals surface area contributed by atoms with Crippen LogP contribution in [0.15, 0.2) is 30.3 Å². The molecule has 5 nitrogen and oxygen atoms in total. The van der Waals surface area contributed by atoms with Crippen LogP contribution in [0.3, 0.4) is 0 Å². The van der Waals surface area contributed by atoms with Gasteiger partial charge in [-0.2, -0.15) is 0 Å². The monoisotopic (exact) mass is 292 g/mol. The Morgan fingerprint density at radius 3 is 2.62 bits per heavy atom. The van der Waals surface area contributed by atoms with E-state index in [1.807, 2.05) is 30.3 Å². The van der Waals surface area contributed by atoms with E-state index < -0.39 is 0 Å². The third-order valence-corrected chi connectivity index (χ3v) is 3.95. The highest BCUT2D eigenvalue weighted by Gasteiger charge is 2.32. The summed E-state index contributed by atoms with van der Waals surface area (Å²) < 4.78 is 10.4. The maximum atomic E-state index is 11.8. The Balaban J connectivity index is 1.70. The topological polar surface area (TPSA) is 73.6 Å². The van der Waals surface area contributed by atoms with Crippen molar-refractivity contribution in [2.24, 2.45) is 5.73 Å². The summed E-state index contributed by atoms with van der Waals surface area (Å²) in [6.07, 6.45) is 3.07. The van der Waals surface area contributed by atoms with Gasteiger partial charge in [0, 0.05) is 18.7 Å². The number of benzene rings is 1. The molecule has 0 unspecified atom stereocenters. The van der Waals surface area contributed by atoms with Crippen molar-refractivity contribution in [1.82, 2.24) is 5.32 Å². The fourth-order valence-corrected chi connectivity index (χ4v) is 2.70. The first-order valence-corrected chi connectivity index (χ1v) is 7.36. The number of methoxy groups -OCH3 is 1. The molecule has 1 fully saturated rings. The summed E-state index contributed by atoms with van der Waals surface area (Å²) >= 11 is 0. The average molecular weight is 292 g/mol. The summed E-state index contributed by atoms with van der Waals surface area (Å²) in [5.74, 6) is 0. The van der Waals surface area contributed by atoms with E-state index in [-0.39, 0.29) is 17.7 Å². The molecule has 0 aliphatic heterocycles. The molecule has 0 heterocycles. The summed E-state index contributed by atoms with van der Waals surface area (Å²) in [6, 6.07) is 9.79. The summed E-state index contributed by atoms with van der Waals surface area (Å²) in [5.41, 5.74) is 6.96. The molecule has 1 aromatic rings. The molecular formula is C16H24N2O3.